The summed E-state index contributed by atoms with van der Waals surface area (Å²) < 4.78 is 31.7. The number of carbonyl (C=O) groups is 3. The number of nitrogens with zero attached hydrogens (tertiary/aromatic N) is 3. The van der Waals surface area contributed by atoms with E-state index in [9.17, 15) is 22.8 Å². The molecular formula is C22H28F3N3O4. The third-order valence-electron chi connectivity index (χ3n) is 6.44. The van der Waals surface area contributed by atoms with Crippen molar-refractivity contribution >= 4 is 17.8 Å². The van der Waals surface area contributed by atoms with Crippen molar-refractivity contribution in [2.24, 2.45) is 11.3 Å². The molecule has 0 atom stereocenters. The van der Waals surface area contributed by atoms with Gasteiger partial charge in [-0.25, -0.2) is 4.79 Å². The number of piperidine rings is 2. The minimum absolute atomic E-state index is 0.0871. The molecule has 32 heavy (non-hydrogen) atoms. The van der Waals surface area contributed by atoms with Gasteiger partial charge in [-0.15, -0.1) is 0 Å². The molecule has 7 nitrogen and oxygen atoms in total. The first kappa shape index (κ1) is 24.0. The molecule has 2 amide bonds. The van der Waals surface area contributed by atoms with Crippen LogP contribution in [0.1, 0.15) is 54.6 Å². The van der Waals surface area contributed by atoms with E-state index >= 15 is 0 Å². The molecule has 1 spiro atoms. The third-order valence-corrected chi connectivity index (χ3v) is 6.44. The number of aliphatic carboxylic acids is 1. The molecule has 4 rings (SSSR count). The van der Waals surface area contributed by atoms with E-state index in [1.165, 1.54) is 12.8 Å². The summed E-state index contributed by atoms with van der Waals surface area (Å²) in [5.74, 6) is -1.59. The number of hydrogen-bond donors (Lipinski definition) is 1. The van der Waals surface area contributed by atoms with E-state index in [1.54, 1.807) is 6.20 Å². The molecule has 0 radical (unpaired) electrons. The van der Waals surface area contributed by atoms with Crippen LogP contribution in [0.3, 0.4) is 0 Å². The summed E-state index contributed by atoms with van der Waals surface area (Å²) in [6, 6.07) is 3.76. The number of carboxylic acid groups (broad SMARTS) is 1. The van der Waals surface area contributed by atoms with Gasteiger partial charge in [0, 0.05) is 44.5 Å². The monoisotopic (exact) mass is 455 g/mol. The molecule has 1 aromatic rings. The van der Waals surface area contributed by atoms with E-state index in [4.69, 9.17) is 9.90 Å². The van der Waals surface area contributed by atoms with Crippen molar-refractivity contribution in [1.29, 1.82) is 0 Å². The number of aryl methyl sites for hydroxylation is 1. The highest BCUT2D eigenvalue weighted by atomic mass is 19.4. The second kappa shape index (κ2) is 9.46. The topological polar surface area (TPSA) is 90.8 Å². The van der Waals surface area contributed by atoms with E-state index in [0.717, 1.165) is 57.1 Å². The Hall–Kier alpha value is -2.65. The molecule has 3 aliphatic rings. The second-order valence-corrected chi connectivity index (χ2v) is 9.00. The smallest absolute Gasteiger partial charge is 0.475 e. The van der Waals surface area contributed by atoms with Crippen LogP contribution in [0.2, 0.25) is 0 Å². The van der Waals surface area contributed by atoms with Crippen molar-refractivity contribution in [2.45, 2.75) is 51.6 Å². The van der Waals surface area contributed by atoms with Gasteiger partial charge >= 0.3 is 12.1 Å². The van der Waals surface area contributed by atoms with Crippen LogP contribution in [0.4, 0.5) is 13.2 Å². The van der Waals surface area contributed by atoms with Crippen LogP contribution in [0, 0.1) is 18.3 Å². The number of hydrogen-bond acceptors (Lipinski definition) is 4. The van der Waals surface area contributed by atoms with Gasteiger partial charge in [0.05, 0.1) is 5.56 Å². The lowest BCUT2D eigenvalue weighted by Crippen LogP contribution is -2.52. The number of amides is 2. The summed E-state index contributed by atoms with van der Waals surface area (Å²) in [6.45, 7) is 5.36. The van der Waals surface area contributed by atoms with Gasteiger partial charge in [0.1, 0.15) is 0 Å². The largest absolute Gasteiger partial charge is 0.490 e. The summed E-state index contributed by atoms with van der Waals surface area (Å²) in [5.41, 5.74) is 1.83. The first-order valence-corrected chi connectivity index (χ1v) is 10.8. The maximum absolute atomic E-state index is 12.7. The van der Waals surface area contributed by atoms with E-state index in [-0.39, 0.29) is 11.3 Å². The molecule has 0 bridgehead atoms. The number of carbonyl (C=O) groups excluding carboxylic acids is 2. The maximum atomic E-state index is 12.7. The van der Waals surface area contributed by atoms with Crippen LogP contribution in [0.15, 0.2) is 18.3 Å². The van der Waals surface area contributed by atoms with E-state index < -0.39 is 12.1 Å². The summed E-state index contributed by atoms with van der Waals surface area (Å²) in [5, 5.41) is 7.12. The molecule has 10 heteroatoms. The molecule has 1 aromatic heterocycles. The fraction of sp³-hybridized carbons (Fsp3) is 0.636. The van der Waals surface area contributed by atoms with E-state index in [0.29, 0.717) is 17.9 Å². The van der Waals surface area contributed by atoms with Gasteiger partial charge in [0.2, 0.25) is 5.91 Å². The number of carboxylic acids is 1. The molecular weight excluding hydrogens is 427 g/mol. The van der Waals surface area contributed by atoms with Gasteiger partial charge in [-0.05, 0) is 62.5 Å². The Balaban J connectivity index is 0.000000360. The zero-order chi connectivity index (χ0) is 23.5. The van der Waals surface area contributed by atoms with E-state index in [2.05, 4.69) is 9.88 Å². The summed E-state index contributed by atoms with van der Waals surface area (Å²) >= 11 is 0. The molecule has 0 unspecified atom stereocenters. The molecule has 3 heterocycles. The van der Waals surface area contributed by atoms with Gasteiger partial charge in [-0.2, -0.15) is 13.2 Å². The average molecular weight is 455 g/mol. The van der Waals surface area contributed by atoms with E-state index in [1.807, 2.05) is 24.0 Å². The van der Waals surface area contributed by atoms with Crippen molar-refractivity contribution in [3.8, 4) is 0 Å². The van der Waals surface area contributed by atoms with Gasteiger partial charge in [-0.3, -0.25) is 14.6 Å². The average Bonchev–Trinajstić information content (AvgIpc) is 3.55. The van der Waals surface area contributed by atoms with Crippen molar-refractivity contribution in [3.63, 3.8) is 0 Å². The van der Waals surface area contributed by atoms with Crippen molar-refractivity contribution in [3.05, 3.63) is 29.6 Å². The Morgan fingerprint density at radius 1 is 1.19 bits per heavy atom. The van der Waals surface area contributed by atoms with Crippen LogP contribution in [-0.4, -0.2) is 70.0 Å². The lowest BCUT2D eigenvalue weighted by atomic mass is 9.72. The fourth-order valence-electron chi connectivity index (χ4n) is 4.25. The fourth-order valence-corrected chi connectivity index (χ4v) is 4.25. The zero-order valence-electron chi connectivity index (χ0n) is 18.0. The van der Waals surface area contributed by atoms with Crippen LogP contribution in [0.5, 0.6) is 0 Å². The first-order chi connectivity index (χ1) is 15.0. The minimum Gasteiger partial charge on any atom is -0.475 e. The maximum Gasteiger partial charge on any atom is 0.490 e. The number of aromatic nitrogens is 1. The van der Waals surface area contributed by atoms with Crippen LogP contribution >= 0.6 is 0 Å². The van der Waals surface area contributed by atoms with Gasteiger partial charge in [0.25, 0.3) is 5.91 Å². The predicted octanol–water partition coefficient (Wildman–Crippen LogP) is 3.28. The SMILES string of the molecule is Cc1ccc(C(=O)N2CCC3(CCC(=O)N(CC4CC4)C3)CC2)cn1.O=C(O)C(F)(F)F. The number of pyridine rings is 1. The molecule has 2 saturated heterocycles. The number of halogens is 3. The Bertz CT molecular complexity index is 845. The molecule has 176 valence electrons. The number of alkyl halides is 3. The van der Waals surface area contributed by atoms with Crippen molar-refractivity contribution < 1.29 is 32.7 Å². The van der Waals surface area contributed by atoms with Crippen LogP contribution in [-0.2, 0) is 9.59 Å². The molecule has 2 aliphatic heterocycles. The number of rotatable bonds is 3. The molecule has 1 aliphatic carbocycles. The molecule has 3 fully saturated rings. The Kier molecular flexibility index (Phi) is 7.09. The molecule has 1 N–H and O–H groups in total. The van der Waals surface area contributed by atoms with Crippen molar-refractivity contribution in [1.82, 2.24) is 14.8 Å². The lowest BCUT2D eigenvalue weighted by molar-refractivity contribution is -0.192. The normalized spacial score (nSPS) is 20.6. The van der Waals surface area contributed by atoms with Gasteiger partial charge in [-0.1, -0.05) is 0 Å². The summed E-state index contributed by atoms with van der Waals surface area (Å²) in [7, 11) is 0. The quantitative estimate of drug-likeness (QED) is 0.756. The third kappa shape index (κ3) is 6.20. The summed E-state index contributed by atoms with van der Waals surface area (Å²) in [6.07, 6.45) is 2.84. The van der Waals surface area contributed by atoms with Crippen LogP contribution in [0.25, 0.3) is 0 Å². The van der Waals surface area contributed by atoms with Crippen LogP contribution < -0.4 is 0 Å². The highest BCUT2D eigenvalue weighted by molar-refractivity contribution is 5.94. The Morgan fingerprint density at radius 2 is 1.81 bits per heavy atom. The lowest BCUT2D eigenvalue weighted by Gasteiger charge is -2.47. The summed E-state index contributed by atoms with van der Waals surface area (Å²) in [4.78, 5) is 42.1. The minimum atomic E-state index is -5.08. The second-order valence-electron chi connectivity index (χ2n) is 9.00. The Morgan fingerprint density at radius 3 is 2.31 bits per heavy atom. The van der Waals surface area contributed by atoms with Gasteiger partial charge in [0.15, 0.2) is 0 Å². The molecule has 0 aromatic carbocycles. The first-order valence-electron chi connectivity index (χ1n) is 10.8. The zero-order valence-corrected chi connectivity index (χ0v) is 18.0. The standard InChI is InChI=1S/C20H27N3O2.C2HF3O2/c1-15-2-5-17(12-21-15)19(25)22-10-8-20(9-11-22)7-6-18(24)23(14-20)13-16-3-4-16;3-2(4,5)1(6)7/h2,5,12,16H,3-4,6-11,13-14H2,1H3;(H,6,7). The van der Waals surface area contributed by atoms with Gasteiger partial charge < -0.3 is 14.9 Å². The van der Waals surface area contributed by atoms with Crippen molar-refractivity contribution in [2.75, 3.05) is 26.2 Å². The highest BCUT2D eigenvalue weighted by Gasteiger charge is 2.43. The highest BCUT2D eigenvalue weighted by Crippen LogP contribution is 2.42. The predicted molar refractivity (Wildman–Crippen MR) is 109 cm³/mol. The Labute approximate surface area is 184 Å². The number of likely N-dealkylation sites (tertiary alicyclic amines) is 2. The molecule has 1 saturated carbocycles.